The average molecular weight is 1090 g/mol. The first-order valence-electron chi connectivity index (χ1n) is 24.9. The molecule has 1 aliphatic rings. The third-order valence-electron chi connectivity index (χ3n) is 12.5. The lowest BCUT2D eigenvalue weighted by Gasteiger charge is -2.29. The van der Waals surface area contributed by atoms with Gasteiger partial charge in [-0.05, 0) is 81.0 Å². The summed E-state index contributed by atoms with van der Waals surface area (Å²) in [6.45, 7) is 7.79. The van der Waals surface area contributed by atoms with E-state index >= 15 is 0 Å². The van der Waals surface area contributed by atoms with Crippen LogP contribution in [0.5, 0.6) is 5.75 Å². The Morgan fingerprint density at radius 1 is 0.808 bits per heavy atom. The van der Waals surface area contributed by atoms with Gasteiger partial charge in [0, 0.05) is 42.2 Å². The third-order valence-corrected chi connectivity index (χ3v) is 12.5. The van der Waals surface area contributed by atoms with Gasteiger partial charge in [0.15, 0.2) is 5.96 Å². The Hall–Kier alpha value is -8.76. The lowest BCUT2D eigenvalue weighted by molar-refractivity contribution is -0.394. The normalized spacial score (nSPS) is 15.4. The summed E-state index contributed by atoms with van der Waals surface area (Å²) >= 11 is 0. The fraction of sp³-hybridized carbons (Fsp3) is 0.510. The molecule has 0 radical (unpaired) electrons. The molecule has 29 nitrogen and oxygen atoms in total. The molecule has 29 heteroatoms. The van der Waals surface area contributed by atoms with Gasteiger partial charge in [-0.2, -0.15) is 0 Å². The van der Waals surface area contributed by atoms with E-state index < -0.39 is 129 Å². The molecule has 2 heterocycles. The molecule has 4 rings (SSSR count). The molecular formula is C49H68N14O15. The number of nitrogens with zero attached hydrogens (tertiary/aromatic N) is 4. The van der Waals surface area contributed by atoms with E-state index in [2.05, 4.69) is 36.9 Å². The van der Waals surface area contributed by atoms with E-state index in [0.29, 0.717) is 29.2 Å². The van der Waals surface area contributed by atoms with Crippen molar-refractivity contribution >= 4 is 75.6 Å². The summed E-state index contributed by atoms with van der Waals surface area (Å²) in [5.41, 5.74) is 20.5. The molecule has 0 spiro atoms. The van der Waals surface area contributed by atoms with Crippen molar-refractivity contribution in [2.75, 3.05) is 26.7 Å². The van der Waals surface area contributed by atoms with Gasteiger partial charge < -0.3 is 68.9 Å². The third kappa shape index (κ3) is 17.7. The SMILES string of the molecule is COc1ccc2c(CC(=O)N3CCC[C@H]3C(=O)N[C@@H](CC(C)C)C(=O)NCC(=O)N[C@@H](CC(C)C)C(=O)N[C@H](C(=O)N[C@@H](C)C(=O)N[C@@H](CCCN=C(N)N)C(N)=O)C(N)c3ccc([N+](=O)[O-])cc3[N+](=O)[O-])cc(=O)oc2c1. The first kappa shape index (κ1) is 61.8. The van der Waals surface area contributed by atoms with Crippen molar-refractivity contribution in [2.45, 2.75) is 122 Å². The van der Waals surface area contributed by atoms with Gasteiger partial charge in [-0.15, -0.1) is 0 Å². The van der Waals surface area contributed by atoms with Gasteiger partial charge in [-0.25, -0.2) is 4.79 Å². The van der Waals surface area contributed by atoms with E-state index in [1.165, 1.54) is 31.1 Å². The summed E-state index contributed by atoms with van der Waals surface area (Å²) in [5, 5.41) is 39.1. The van der Waals surface area contributed by atoms with Gasteiger partial charge in [-0.1, -0.05) is 27.7 Å². The lowest BCUT2D eigenvalue weighted by Crippen LogP contribution is -2.60. The number of nitrogens with one attached hydrogen (secondary N) is 6. The minimum absolute atomic E-state index is 0.00741. The molecule has 3 aromatic rings. The summed E-state index contributed by atoms with van der Waals surface area (Å²) in [7, 11) is 1.45. The second-order valence-corrected chi connectivity index (χ2v) is 19.4. The van der Waals surface area contributed by atoms with Gasteiger partial charge in [0.25, 0.3) is 11.4 Å². The highest BCUT2D eigenvalue weighted by Crippen LogP contribution is 2.31. The molecule has 0 saturated carbocycles. The quantitative estimate of drug-likeness (QED) is 0.0105. The van der Waals surface area contributed by atoms with Crippen molar-refractivity contribution < 1.29 is 57.4 Å². The van der Waals surface area contributed by atoms with Crippen LogP contribution < -0.4 is 65.2 Å². The molecule has 1 aliphatic heterocycles. The summed E-state index contributed by atoms with van der Waals surface area (Å²) in [6, 6.07) is -1.73. The Kier molecular flexibility index (Phi) is 22.5. The van der Waals surface area contributed by atoms with Crippen molar-refractivity contribution in [1.82, 2.24) is 36.8 Å². The number of nitrogens with two attached hydrogens (primary N) is 4. The van der Waals surface area contributed by atoms with Gasteiger partial charge in [-0.3, -0.25) is 63.6 Å². The fourth-order valence-electron chi connectivity index (χ4n) is 8.59. The number of amides is 8. The van der Waals surface area contributed by atoms with E-state index in [-0.39, 0.29) is 75.0 Å². The number of non-ortho nitro benzene ring substituents is 1. The van der Waals surface area contributed by atoms with Crippen LogP contribution in [0.2, 0.25) is 0 Å². The Labute approximate surface area is 447 Å². The number of fused-ring (bicyclic) bond motifs is 1. The van der Waals surface area contributed by atoms with Crippen molar-refractivity contribution in [3.05, 3.63) is 84.2 Å². The molecule has 1 fully saturated rings. The fourth-order valence-corrected chi connectivity index (χ4v) is 8.59. The predicted molar refractivity (Wildman–Crippen MR) is 281 cm³/mol. The van der Waals surface area contributed by atoms with Gasteiger partial charge in [0.1, 0.15) is 47.6 Å². The summed E-state index contributed by atoms with van der Waals surface area (Å²) in [5.74, 6) is -7.11. The van der Waals surface area contributed by atoms with E-state index in [0.717, 1.165) is 12.1 Å². The maximum absolute atomic E-state index is 14.2. The lowest BCUT2D eigenvalue weighted by atomic mass is 9.95. The summed E-state index contributed by atoms with van der Waals surface area (Å²) in [4.78, 5) is 148. The highest BCUT2D eigenvalue weighted by atomic mass is 16.6. The number of aliphatic imine (C=N–C) groups is 1. The number of likely N-dealkylation sites (tertiary alicyclic amines) is 1. The monoisotopic (exact) mass is 1090 g/mol. The van der Waals surface area contributed by atoms with E-state index in [9.17, 15) is 63.4 Å². The summed E-state index contributed by atoms with van der Waals surface area (Å²) in [6.07, 6.45) is 0.738. The minimum Gasteiger partial charge on any atom is -0.497 e. The Morgan fingerprint density at radius 3 is 2.08 bits per heavy atom. The number of primary amides is 1. The molecule has 1 unspecified atom stereocenters. The number of benzene rings is 2. The van der Waals surface area contributed by atoms with Crippen molar-refractivity contribution in [2.24, 2.45) is 39.8 Å². The van der Waals surface area contributed by atoms with Crippen LogP contribution in [0, 0.1) is 32.1 Å². The smallest absolute Gasteiger partial charge is 0.336 e. The first-order chi connectivity index (χ1) is 36.7. The molecule has 424 valence electrons. The van der Waals surface area contributed by atoms with E-state index in [4.69, 9.17) is 32.1 Å². The van der Waals surface area contributed by atoms with Crippen molar-refractivity contribution in [3.63, 3.8) is 0 Å². The van der Waals surface area contributed by atoms with E-state index in [1.54, 1.807) is 39.8 Å². The highest BCUT2D eigenvalue weighted by molar-refractivity contribution is 5.97. The van der Waals surface area contributed by atoms with Crippen LogP contribution in [0.1, 0.15) is 90.3 Å². The zero-order valence-corrected chi connectivity index (χ0v) is 44.0. The number of carbonyl (C=O) groups is 8. The highest BCUT2D eigenvalue weighted by Gasteiger charge is 2.39. The molecule has 1 saturated heterocycles. The van der Waals surface area contributed by atoms with Crippen LogP contribution in [0.25, 0.3) is 11.0 Å². The van der Waals surface area contributed by atoms with Crippen molar-refractivity contribution in [1.29, 1.82) is 0 Å². The van der Waals surface area contributed by atoms with Crippen LogP contribution in [0.3, 0.4) is 0 Å². The standard InChI is InChI=1S/C49H68N14O15/c1-24(2)17-33(59-47(71)35-10-8-16-61(35)39(65)19-27-20-40(66)78-37-22-29(77-6)12-14-30(27)37)45(69)55-23-38(64)57-34(18-25(3)4)46(70)60-42(41(50)31-13-11-28(62(73)74)21-36(31)63(75)76)48(72)56-26(5)44(68)58-32(43(51)67)9-7-15-54-49(52)53/h11-14,20-22,24-26,32-35,41-42H,7-10,15-19,23,50H2,1-6H3,(H2,51,67)(H,55,69)(H,56,72)(H,57,64)(H,58,68)(H,59,71)(H,60,70)(H4,52,53,54)/t26-,32-,33-,34-,35-,41?,42-/m0/s1. The molecule has 1 aromatic heterocycles. The Bertz CT molecular complexity index is 2830. The molecule has 78 heavy (non-hydrogen) atoms. The zero-order chi connectivity index (χ0) is 58.1. The first-order valence-corrected chi connectivity index (χ1v) is 24.9. The van der Waals surface area contributed by atoms with Gasteiger partial charge in [0.2, 0.25) is 47.3 Å². The number of ether oxygens (including phenoxy) is 1. The average Bonchev–Trinajstić information content (AvgIpc) is 3.88. The maximum Gasteiger partial charge on any atom is 0.336 e. The van der Waals surface area contributed by atoms with Crippen LogP contribution in [-0.4, -0.2) is 131 Å². The molecule has 0 aliphatic carbocycles. The van der Waals surface area contributed by atoms with Gasteiger partial charge >= 0.3 is 5.63 Å². The van der Waals surface area contributed by atoms with Crippen LogP contribution in [0.4, 0.5) is 11.4 Å². The number of methoxy groups -OCH3 is 1. The number of nitro benzene ring substituents is 2. The zero-order valence-electron chi connectivity index (χ0n) is 44.0. The number of hydrogen-bond donors (Lipinski definition) is 10. The molecule has 8 amide bonds. The maximum atomic E-state index is 14.2. The number of carbonyl (C=O) groups excluding carboxylic acids is 8. The van der Waals surface area contributed by atoms with Crippen molar-refractivity contribution in [3.8, 4) is 5.75 Å². The number of nitro groups is 2. The van der Waals surface area contributed by atoms with E-state index in [1.807, 2.05) is 0 Å². The number of rotatable bonds is 28. The Balaban J connectivity index is 1.50. The number of guanidine groups is 1. The van der Waals surface area contributed by atoms with Crippen LogP contribution in [-0.2, 0) is 44.8 Å². The second kappa shape index (κ2) is 28.4. The molecular weight excluding hydrogens is 1020 g/mol. The number of hydrogen-bond acceptors (Lipinski definition) is 17. The topological polar surface area (TPSA) is 454 Å². The molecule has 0 bridgehead atoms. The minimum atomic E-state index is -1.98. The van der Waals surface area contributed by atoms with Crippen LogP contribution >= 0.6 is 0 Å². The summed E-state index contributed by atoms with van der Waals surface area (Å²) < 4.78 is 10.5. The second-order valence-electron chi connectivity index (χ2n) is 19.4. The molecule has 7 atom stereocenters. The largest absolute Gasteiger partial charge is 0.497 e. The predicted octanol–water partition coefficient (Wildman–Crippen LogP) is -0.957. The Morgan fingerprint density at radius 2 is 1.47 bits per heavy atom. The van der Waals surface area contributed by atoms with Crippen LogP contribution in [0.15, 0.2) is 56.7 Å². The molecule has 2 aromatic carbocycles. The molecule has 14 N–H and O–H groups in total. The van der Waals surface area contributed by atoms with Gasteiger partial charge in [0.05, 0.1) is 42.0 Å².